The second-order valence-electron chi connectivity index (χ2n) is 6.33. The van der Waals surface area contributed by atoms with E-state index < -0.39 is 10.1 Å². The maximum absolute atomic E-state index is 12.7. The van der Waals surface area contributed by atoms with E-state index in [1.54, 1.807) is 36.4 Å². The largest absolute Gasteiger partial charge is 0.378 e. The molecule has 0 unspecified atom stereocenters. The molecular formula is C22H14BrCl2NO3S. The number of halogens is 3. The second kappa shape index (κ2) is 9.23. The smallest absolute Gasteiger partial charge is 0.339 e. The van der Waals surface area contributed by atoms with Crippen LogP contribution in [0.5, 0.6) is 5.75 Å². The third-order valence-electron chi connectivity index (χ3n) is 4.12. The van der Waals surface area contributed by atoms with Crippen molar-refractivity contribution in [1.29, 1.82) is 5.26 Å². The van der Waals surface area contributed by atoms with Crippen molar-refractivity contribution < 1.29 is 12.6 Å². The summed E-state index contributed by atoms with van der Waals surface area (Å²) in [6.07, 6.45) is 1.51. The summed E-state index contributed by atoms with van der Waals surface area (Å²) in [5.41, 5.74) is 2.02. The highest BCUT2D eigenvalue weighted by Gasteiger charge is 2.19. The molecule has 0 aliphatic carbocycles. The standard InChI is InChI=1S/C22H14BrCl2NO3S/c1-14-2-6-19(7-3-14)30(27,28)29-22-9-4-17(23)11-15(22)10-16(13-26)20-8-5-18(24)12-21(20)25/h2-12H,1H3/b16-10+. The molecule has 0 aliphatic heterocycles. The Morgan fingerprint density at radius 1 is 1.07 bits per heavy atom. The summed E-state index contributed by atoms with van der Waals surface area (Å²) in [5.74, 6) is 0.0802. The molecule has 0 spiro atoms. The Hall–Kier alpha value is -2.30. The molecule has 30 heavy (non-hydrogen) atoms. The van der Waals surface area contributed by atoms with E-state index in [-0.39, 0.29) is 16.2 Å². The molecule has 4 nitrogen and oxygen atoms in total. The molecule has 0 bridgehead atoms. The van der Waals surface area contributed by atoms with Gasteiger partial charge in [0.2, 0.25) is 0 Å². The lowest BCUT2D eigenvalue weighted by molar-refractivity contribution is 0.485. The van der Waals surface area contributed by atoms with Crippen molar-refractivity contribution in [3.05, 3.63) is 91.9 Å². The summed E-state index contributed by atoms with van der Waals surface area (Å²) < 4.78 is 31.5. The topological polar surface area (TPSA) is 67.2 Å². The van der Waals surface area contributed by atoms with Crippen LogP contribution in [-0.4, -0.2) is 8.42 Å². The zero-order valence-corrected chi connectivity index (χ0v) is 19.5. The third kappa shape index (κ3) is 5.24. The highest BCUT2D eigenvalue weighted by Crippen LogP contribution is 2.32. The van der Waals surface area contributed by atoms with Crippen molar-refractivity contribution in [1.82, 2.24) is 0 Å². The van der Waals surface area contributed by atoms with Gasteiger partial charge >= 0.3 is 10.1 Å². The zero-order valence-electron chi connectivity index (χ0n) is 15.6. The Balaban J connectivity index is 2.06. The molecule has 0 aliphatic rings. The van der Waals surface area contributed by atoms with Crippen LogP contribution in [0.1, 0.15) is 16.7 Å². The van der Waals surface area contributed by atoms with Gasteiger partial charge in [0, 0.05) is 20.6 Å². The summed E-state index contributed by atoms with van der Waals surface area (Å²) in [6.45, 7) is 1.86. The van der Waals surface area contributed by atoms with Gasteiger partial charge in [-0.3, -0.25) is 0 Å². The lowest BCUT2D eigenvalue weighted by Crippen LogP contribution is -2.10. The molecule has 3 aromatic carbocycles. The number of nitriles is 1. The van der Waals surface area contributed by atoms with Gasteiger partial charge in [-0.1, -0.05) is 62.9 Å². The van der Waals surface area contributed by atoms with E-state index in [4.69, 9.17) is 27.4 Å². The van der Waals surface area contributed by atoms with Gasteiger partial charge < -0.3 is 4.18 Å². The van der Waals surface area contributed by atoms with Crippen molar-refractivity contribution in [3.63, 3.8) is 0 Å². The minimum atomic E-state index is -4.06. The first-order valence-electron chi connectivity index (χ1n) is 8.57. The van der Waals surface area contributed by atoms with Crippen molar-refractivity contribution in [2.45, 2.75) is 11.8 Å². The van der Waals surface area contributed by atoms with Gasteiger partial charge in [0.15, 0.2) is 0 Å². The first-order valence-corrected chi connectivity index (χ1v) is 11.5. The normalized spacial score (nSPS) is 11.8. The Bertz CT molecular complexity index is 1280. The molecule has 0 amide bonds. The van der Waals surface area contributed by atoms with Gasteiger partial charge in [-0.2, -0.15) is 13.7 Å². The monoisotopic (exact) mass is 521 g/mol. The Morgan fingerprint density at radius 2 is 1.77 bits per heavy atom. The van der Waals surface area contributed by atoms with E-state index >= 15 is 0 Å². The molecule has 0 heterocycles. The first kappa shape index (κ1) is 22.4. The summed E-state index contributed by atoms with van der Waals surface area (Å²) in [4.78, 5) is 0.0344. The molecule has 0 atom stereocenters. The molecule has 0 saturated heterocycles. The van der Waals surface area contributed by atoms with E-state index in [2.05, 4.69) is 22.0 Å². The average molecular weight is 523 g/mol. The summed E-state index contributed by atoms with van der Waals surface area (Å²) in [6, 6.07) is 18.0. The van der Waals surface area contributed by atoms with E-state index in [1.165, 1.54) is 30.3 Å². The lowest BCUT2D eigenvalue weighted by Gasteiger charge is -2.11. The fourth-order valence-electron chi connectivity index (χ4n) is 2.61. The van der Waals surface area contributed by atoms with Crippen LogP contribution in [0.15, 0.2) is 70.0 Å². The van der Waals surface area contributed by atoms with Crippen LogP contribution in [0, 0.1) is 18.3 Å². The molecule has 0 N–H and O–H groups in total. The van der Waals surface area contributed by atoms with Crippen LogP contribution in [0.2, 0.25) is 10.0 Å². The van der Waals surface area contributed by atoms with E-state index in [9.17, 15) is 13.7 Å². The summed E-state index contributed by atoms with van der Waals surface area (Å²) in [5, 5.41) is 10.4. The average Bonchev–Trinajstić information content (AvgIpc) is 2.69. The number of allylic oxidation sites excluding steroid dienone is 1. The van der Waals surface area contributed by atoms with Crippen LogP contribution in [0.3, 0.4) is 0 Å². The van der Waals surface area contributed by atoms with E-state index in [0.717, 1.165) is 5.56 Å². The highest BCUT2D eigenvalue weighted by atomic mass is 79.9. The quantitative estimate of drug-likeness (QED) is 0.208. The number of hydrogen-bond donors (Lipinski definition) is 0. The van der Waals surface area contributed by atoms with Crippen LogP contribution >= 0.6 is 39.1 Å². The van der Waals surface area contributed by atoms with Gasteiger partial charge in [-0.15, -0.1) is 0 Å². The highest BCUT2D eigenvalue weighted by molar-refractivity contribution is 9.10. The molecule has 0 aromatic heterocycles. The van der Waals surface area contributed by atoms with Crippen molar-refractivity contribution >= 4 is 60.9 Å². The van der Waals surface area contributed by atoms with Gasteiger partial charge in [-0.25, -0.2) is 0 Å². The predicted octanol–water partition coefficient (Wildman–Crippen LogP) is 6.90. The van der Waals surface area contributed by atoms with Gasteiger partial charge in [0.25, 0.3) is 0 Å². The number of rotatable bonds is 5. The predicted molar refractivity (Wildman–Crippen MR) is 123 cm³/mol. The van der Waals surface area contributed by atoms with Gasteiger partial charge in [0.1, 0.15) is 10.6 Å². The van der Waals surface area contributed by atoms with E-state index in [1.807, 2.05) is 6.92 Å². The molecule has 0 radical (unpaired) electrons. The van der Waals surface area contributed by atoms with Crippen molar-refractivity contribution in [2.75, 3.05) is 0 Å². The Kier molecular flexibility index (Phi) is 6.89. The number of nitrogens with zero attached hydrogens (tertiary/aromatic N) is 1. The molecule has 0 saturated carbocycles. The van der Waals surface area contributed by atoms with Crippen LogP contribution in [0.4, 0.5) is 0 Å². The van der Waals surface area contributed by atoms with Crippen LogP contribution in [0.25, 0.3) is 11.6 Å². The SMILES string of the molecule is Cc1ccc(S(=O)(=O)Oc2ccc(Br)cc2/C=C(\C#N)c2ccc(Cl)cc2Cl)cc1. The Labute approximate surface area is 193 Å². The lowest BCUT2D eigenvalue weighted by atomic mass is 10.0. The first-order chi connectivity index (χ1) is 14.2. The number of benzene rings is 3. The van der Waals surface area contributed by atoms with Crippen LogP contribution < -0.4 is 4.18 Å². The molecule has 152 valence electrons. The molecule has 0 fully saturated rings. The van der Waals surface area contributed by atoms with Crippen LogP contribution in [-0.2, 0) is 10.1 Å². The summed E-state index contributed by atoms with van der Waals surface area (Å²) in [7, 11) is -4.06. The molecule has 8 heteroatoms. The van der Waals surface area contributed by atoms with Gasteiger partial charge in [-0.05, 0) is 55.5 Å². The fourth-order valence-corrected chi connectivity index (χ4v) is 4.46. The molecule has 3 aromatic rings. The third-order valence-corrected chi connectivity index (χ3v) is 6.41. The minimum Gasteiger partial charge on any atom is -0.378 e. The Morgan fingerprint density at radius 3 is 2.40 bits per heavy atom. The molecule has 3 rings (SSSR count). The maximum atomic E-state index is 12.7. The number of aryl methyl sites for hydroxylation is 1. The summed E-state index contributed by atoms with van der Waals surface area (Å²) >= 11 is 15.5. The fraction of sp³-hybridized carbons (Fsp3) is 0.0455. The maximum Gasteiger partial charge on any atom is 0.339 e. The van der Waals surface area contributed by atoms with E-state index in [0.29, 0.717) is 25.6 Å². The zero-order chi connectivity index (χ0) is 21.9. The van der Waals surface area contributed by atoms with Crippen molar-refractivity contribution in [3.8, 4) is 11.8 Å². The molecular weight excluding hydrogens is 509 g/mol. The van der Waals surface area contributed by atoms with Gasteiger partial charge in [0.05, 0.1) is 16.7 Å². The number of hydrogen-bond acceptors (Lipinski definition) is 4. The second-order valence-corrected chi connectivity index (χ2v) is 9.63. The minimum absolute atomic E-state index is 0.0344. The van der Waals surface area contributed by atoms with Crippen molar-refractivity contribution in [2.24, 2.45) is 0 Å².